The second-order valence-corrected chi connectivity index (χ2v) is 7.55. The molecule has 0 bridgehead atoms. The van der Waals surface area contributed by atoms with Gasteiger partial charge in [-0.05, 0) is 49.9 Å². The van der Waals surface area contributed by atoms with E-state index in [0.29, 0.717) is 17.5 Å². The number of likely N-dealkylation sites (tertiary alicyclic amines) is 1. The predicted octanol–water partition coefficient (Wildman–Crippen LogP) is 5.22. The van der Waals surface area contributed by atoms with Gasteiger partial charge in [0.05, 0.1) is 11.8 Å². The van der Waals surface area contributed by atoms with Crippen molar-refractivity contribution >= 4 is 0 Å². The summed E-state index contributed by atoms with van der Waals surface area (Å²) in [5.74, 6) is 0.302. The smallest absolute Gasteiger partial charge is 0.300 e. The second kappa shape index (κ2) is 7.06. The van der Waals surface area contributed by atoms with E-state index in [-0.39, 0.29) is 0 Å². The van der Waals surface area contributed by atoms with Crippen molar-refractivity contribution in [3.63, 3.8) is 0 Å². The molecule has 1 aliphatic heterocycles. The van der Waals surface area contributed by atoms with Crippen LogP contribution < -0.4 is 0 Å². The highest BCUT2D eigenvalue weighted by atomic mass is 19.4. The van der Waals surface area contributed by atoms with Crippen molar-refractivity contribution in [2.75, 3.05) is 13.1 Å². The molecule has 4 rings (SSSR count). The van der Waals surface area contributed by atoms with Crippen molar-refractivity contribution in [2.24, 2.45) is 0 Å². The first-order chi connectivity index (χ1) is 12.5. The zero-order chi connectivity index (χ0) is 18.1. The van der Waals surface area contributed by atoms with E-state index in [4.69, 9.17) is 0 Å². The third kappa shape index (κ3) is 3.52. The summed E-state index contributed by atoms with van der Waals surface area (Å²) >= 11 is 0. The molecule has 3 nitrogen and oxygen atoms in total. The number of aromatic amines is 1. The third-order valence-corrected chi connectivity index (χ3v) is 5.87. The molecular formula is C20H24F3N3. The Morgan fingerprint density at radius 2 is 1.88 bits per heavy atom. The molecule has 140 valence electrons. The second-order valence-electron chi connectivity index (χ2n) is 7.55. The molecule has 1 aromatic carbocycles. The number of alkyl halides is 3. The number of aromatic nitrogens is 2. The lowest BCUT2D eigenvalue weighted by atomic mass is 9.89. The summed E-state index contributed by atoms with van der Waals surface area (Å²) in [5.41, 5.74) is 1.75. The zero-order valence-electron chi connectivity index (χ0n) is 14.7. The summed E-state index contributed by atoms with van der Waals surface area (Å²) in [6.07, 6.45) is 4.69. The van der Waals surface area contributed by atoms with Gasteiger partial charge in [0.1, 0.15) is 0 Å². The number of rotatable bonds is 3. The van der Waals surface area contributed by atoms with Crippen LogP contribution >= 0.6 is 0 Å². The first kappa shape index (κ1) is 17.6. The fourth-order valence-corrected chi connectivity index (χ4v) is 4.54. The van der Waals surface area contributed by atoms with Gasteiger partial charge < -0.3 is 0 Å². The van der Waals surface area contributed by atoms with Gasteiger partial charge in [-0.2, -0.15) is 18.3 Å². The van der Waals surface area contributed by atoms with Crippen LogP contribution in [0.25, 0.3) is 11.1 Å². The summed E-state index contributed by atoms with van der Waals surface area (Å²) in [7, 11) is 0. The molecule has 1 saturated heterocycles. The Labute approximate surface area is 151 Å². The number of hydrogen-bond acceptors (Lipinski definition) is 2. The molecule has 0 radical (unpaired) electrons. The zero-order valence-corrected chi connectivity index (χ0v) is 14.7. The van der Waals surface area contributed by atoms with Gasteiger partial charge >= 0.3 is 6.18 Å². The van der Waals surface area contributed by atoms with Crippen molar-refractivity contribution < 1.29 is 13.2 Å². The third-order valence-electron chi connectivity index (χ3n) is 5.87. The number of hydrogen-bond donors (Lipinski definition) is 1. The molecule has 6 heteroatoms. The Hall–Kier alpha value is -1.82. The maximum atomic E-state index is 13.1. The minimum Gasteiger partial charge on any atom is -0.300 e. The molecule has 1 aliphatic carbocycles. The van der Waals surface area contributed by atoms with Crippen LogP contribution in [0.5, 0.6) is 0 Å². The summed E-state index contributed by atoms with van der Waals surface area (Å²) < 4.78 is 39.2. The Kier molecular flexibility index (Phi) is 4.78. The van der Waals surface area contributed by atoms with Gasteiger partial charge in [-0.25, -0.2) is 0 Å². The van der Waals surface area contributed by atoms with Gasteiger partial charge in [0, 0.05) is 29.8 Å². The van der Waals surface area contributed by atoms with Crippen LogP contribution in [0.2, 0.25) is 0 Å². The Morgan fingerprint density at radius 1 is 1.08 bits per heavy atom. The van der Waals surface area contributed by atoms with E-state index >= 15 is 0 Å². The van der Waals surface area contributed by atoms with Crippen LogP contribution in [0.15, 0.2) is 30.5 Å². The SMILES string of the molecule is FC(F)(F)c1cccc(-c2cn[nH]c2[C@H]2CCCN(C3CCCC3)C2)c1. The van der Waals surface area contributed by atoms with Crippen molar-refractivity contribution in [3.05, 3.63) is 41.7 Å². The highest BCUT2D eigenvalue weighted by Crippen LogP contribution is 2.37. The van der Waals surface area contributed by atoms with Crippen LogP contribution in [0.3, 0.4) is 0 Å². The molecule has 1 saturated carbocycles. The largest absolute Gasteiger partial charge is 0.416 e. The molecule has 1 atom stereocenters. The van der Waals surface area contributed by atoms with Crippen molar-refractivity contribution in [1.29, 1.82) is 0 Å². The van der Waals surface area contributed by atoms with Crippen LogP contribution in [0.4, 0.5) is 13.2 Å². The van der Waals surface area contributed by atoms with Crippen molar-refractivity contribution in [3.8, 4) is 11.1 Å². The lowest BCUT2D eigenvalue weighted by Crippen LogP contribution is -2.40. The quantitative estimate of drug-likeness (QED) is 0.811. The molecule has 26 heavy (non-hydrogen) atoms. The van der Waals surface area contributed by atoms with Gasteiger partial charge in [-0.1, -0.05) is 25.0 Å². The maximum absolute atomic E-state index is 13.1. The summed E-state index contributed by atoms with van der Waals surface area (Å²) in [6.45, 7) is 2.10. The fourth-order valence-electron chi connectivity index (χ4n) is 4.54. The maximum Gasteiger partial charge on any atom is 0.416 e. The monoisotopic (exact) mass is 363 g/mol. The average molecular weight is 363 g/mol. The number of nitrogens with one attached hydrogen (secondary N) is 1. The Morgan fingerprint density at radius 3 is 2.65 bits per heavy atom. The first-order valence-corrected chi connectivity index (χ1v) is 9.47. The Bertz CT molecular complexity index is 747. The number of halogens is 3. The molecular weight excluding hydrogens is 339 g/mol. The van der Waals surface area contributed by atoms with Crippen LogP contribution in [0.1, 0.15) is 55.7 Å². The molecule has 1 aromatic heterocycles. The van der Waals surface area contributed by atoms with E-state index in [1.165, 1.54) is 37.8 Å². The van der Waals surface area contributed by atoms with E-state index < -0.39 is 11.7 Å². The molecule has 2 aliphatic rings. The summed E-state index contributed by atoms with van der Waals surface area (Å²) in [4.78, 5) is 2.58. The van der Waals surface area contributed by atoms with Gasteiger partial charge in [-0.3, -0.25) is 10.00 Å². The van der Waals surface area contributed by atoms with E-state index in [1.807, 2.05) is 0 Å². The average Bonchev–Trinajstić information content (AvgIpc) is 3.33. The molecule has 2 fully saturated rings. The van der Waals surface area contributed by atoms with Crippen molar-refractivity contribution in [2.45, 2.75) is 56.7 Å². The van der Waals surface area contributed by atoms with Gasteiger partial charge in [0.2, 0.25) is 0 Å². The molecule has 2 heterocycles. The summed E-state index contributed by atoms with van der Waals surface area (Å²) in [5, 5.41) is 7.25. The molecule has 0 unspecified atom stereocenters. The van der Waals surface area contributed by atoms with E-state index in [0.717, 1.165) is 43.3 Å². The molecule has 0 amide bonds. The Balaban J connectivity index is 1.59. The van der Waals surface area contributed by atoms with E-state index in [9.17, 15) is 13.2 Å². The van der Waals surface area contributed by atoms with Gasteiger partial charge in [-0.15, -0.1) is 0 Å². The van der Waals surface area contributed by atoms with E-state index in [2.05, 4.69) is 15.1 Å². The lowest BCUT2D eigenvalue weighted by Gasteiger charge is -2.36. The fraction of sp³-hybridized carbons (Fsp3) is 0.550. The van der Waals surface area contributed by atoms with Crippen LogP contribution in [0, 0.1) is 0 Å². The number of benzene rings is 1. The minimum atomic E-state index is -4.33. The van der Waals surface area contributed by atoms with Crippen molar-refractivity contribution in [1.82, 2.24) is 15.1 Å². The first-order valence-electron chi connectivity index (χ1n) is 9.47. The van der Waals surface area contributed by atoms with Gasteiger partial charge in [0.15, 0.2) is 0 Å². The number of H-pyrrole nitrogens is 1. The summed E-state index contributed by atoms with van der Waals surface area (Å²) in [6, 6.07) is 6.23. The number of piperidine rings is 1. The predicted molar refractivity (Wildman–Crippen MR) is 94.8 cm³/mol. The minimum absolute atomic E-state index is 0.302. The van der Waals surface area contributed by atoms with E-state index in [1.54, 1.807) is 12.3 Å². The van der Waals surface area contributed by atoms with Crippen LogP contribution in [-0.2, 0) is 6.18 Å². The highest BCUT2D eigenvalue weighted by Gasteiger charge is 2.32. The van der Waals surface area contributed by atoms with Gasteiger partial charge in [0.25, 0.3) is 0 Å². The molecule has 2 aromatic rings. The lowest BCUT2D eigenvalue weighted by molar-refractivity contribution is -0.137. The number of nitrogens with zero attached hydrogens (tertiary/aromatic N) is 2. The highest BCUT2D eigenvalue weighted by molar-refractivity contribution is 5.66. The molecule has 1 N–H and O–H groups in total. The normalized spacial score (nSPS) is 22.8. The van der Waals surface area contributed by atoms with Crippen LogP contribution in [-0.4, -0.2) is 34.2 Å². The molecule has 0 spiro atoms. The standard InChI is InChI=1S/C20H24F3N3/c21-20(22,23)16-7-3-5-14(11-16)18-12-24-25-19(18)15-6-4-10-26(13-15)17-8-1-2-9-17/h3,5,7,11-12,15,17H,1-2,4,6,8-10,13H2,(H,24,25)/t15-/m0/s1. The topological polar surface area (TPSA) is 31.9 Å².